The van der Waals surface area contributed by atoms with Crippen LogP contribution in [0.1, 0.15) is 71.6 Å². The van der Waals surface area contributed by atoms with E-state index < -0.39 is 30.0 Å². The minimum absolute atomic E-state index is 0.121. The lowest BCUT2D eigenvalue weighted by Gasteiger charge is -2.32. The van der Waals surface area contributed by atoms with Gasteiger partial charge in [0.1, 0.15) is 11.3 Å². The van der Waals surface area contributed by atoms with Gasteiger partial charge in [0.2, 0.25) is 0 Å². The molecule has 7 nitrogen and oxygen atoms in total. The van der Waals surface area contributed by atoms with Crippen LogP contribution in [0.15, 0.2) is 23.7 Å². The number of hydrogen-bond acceptors (Lipinski definition) is 6. The number of alkyl carbamates (subject to hydrolysis) is 1. The Labute approximate surface area is 173 Å². The summed E-state index contributed by atoms with van der Waals surface area (Å²) in [5, 5.41) is 2.74. The third-order valence-corrected chi connectivity index (χ3v) is 4.86. The van der Waals surface area contributed by atoms with Crippen molar-refractivity contribution in [2.24, 2.45) is 0 Å². The second kappa shape index (κ2) is 8.28. The molecule has 2 rings (SSSR count). The van der Waals surface area contributed by atoms with Crippen LogP contribution >= 0.6 is 0 Å². The second-order valence-corrected chi connectivity index (χ2v) is 9.17. The Balaban J connectivity index is 2.30. The minimum Gasteiger partial charge on any atom is -0.444 e. The van der Waals surface area contributed by atoms with Crippen LogP contribution in [0.5, 0.6) is 0 Å². The smallest absolute Gasteiger partial charge is 0.444 e. The highest BCUT2D eigenvalue weighted by molar-refractivity contribution is 6.56. The third-order valence-electron chi connectivity index (χ3n) is 4.86. The number of amides is 1. The first kappa shape index (κ1) is 23.1. The molecule has 0 saturated carbocycles. The van der Waals surface area contributed by atoms with Gasteiger partial charge < -0.3 is 19.4 Å². The van der Waals surface area contributed by atoms with E-state index in [-0.39, 0.29) is 12.3 Å². The lowest BCUT2D eigenvalue weighted by Crippen LogP contribution is -2.41. The Bertz CT molecular complexity index is 796. The van der Waals surface area contributed by atoms with E-state index in [0.29, 0.717) is 16.9 Å². The Morgan fingerprint density at radius 1 is 1.17 bits per heavy atom. The van der Waals surface area contributed by atoms with E-state index in [4.69, 9.17) is 14.0 Å². The molecule has 1 N–H and O–H groups in total. The van der Waals surface area contributed by atoms with Gasteiger partial charge in [0.15, 0.2) is 5.78 Å². The van der Waals surface area contributed by atoms with Crippen LogP contribution in [-0.2, 0) is 14.0 Å². The van der Waals surface area contributed by atoms with Crippen LogP contribution in [0.2, 0.25) is 0 Å². The van der Waals surface area contributed by atoms with Crippen molar-refractivity contribution < 1.29 is 23.6 Å². The summed E-state index contributed by atoms with van der Waals surface area (Å²) in [5.41, 5.74) is -0.0482. The van der Waals surface area contributed by atoms with Crippen LogP contribution in [0.3, 0.4) is 0 Å². The van der Waals surface area contributed by atoms with Crippen molar-refractivity contribution in [1.82, 2.24) is 10.3 Å². The molecule has 0 aromatic carbocycles. The molecule has 1 aliphatic heterocycles. The fourth-order valence-electron chi connectivity index (χ4n) is 2.60. The zero-order valence-electron chi connectivity index (χ0n) is 18.6. The molecule has 0 unspecified atom stereocenters. The van der Waals surface area contributed by atoms with Gasteiger partial charge in [-0.25, -0.2) is 9.78 Å². The summed E-state index contributed by atoms with van der Waals surface area (Å²) in [4.78, 5) is 28.1. The van der Waals surface area contributed by atoms with Crippen molar-refractivity contribution in [3.05, 3.63) is 35.1 Å². The topological polar surface area (TPSA) is 86.8 Å². The predicted octanol–water partition coefficient (Wildman–Crippen LogP) is 3.82. The highest BCUT2D eigenvalue weighted by Crippen LogP contribution is 2.38. The number of rotatable bonds is 5. The summed E-state index contributed by atoms with van der Waals surface area (Å²) < 4.78 is 17.6. The Morgan fingerprint density at radius 2 is 1.76 bits per heavy atom. The van der Waals surface area contributed by atoms with Gasteiger partial charge in [0.05, 0.1) is 16.9 Å². The number of nitrogens with one attached hydrogen (secondary N) is 1. The fraction of sp³-hybridized carbons (Fsp3) is 0.571. The maximum Gasteiger partial charge on any atom is 0.492 e. The van der Waals surface area contributed by atoms with E-state index in [1.54, 1.807) is 45.0 Å². The largest absolute Gasteiger partial charge is 0.492 e. The van der Waals surface area contributed by atoms with E-state index in [0.717, 1.165) is 0 Å². The predicted molar refractivity (Wildman–Crippen MR) is 113 cm³/mol. The maximum atomic E-state index is 12.1. The molecule has 0 bridgehead atoms. The van der Waals surface area contributed by atoms with Crippen molar-refractivity contribution in [2.75, 3.05) is 6.54 Å². The van der Waals surface area contributed by atoms with Gasteiger partial charge in [0, 0.05) is 13.5 Å². The molecule has 0 spiro atoms. The van der Waals surface area contributed by atoms with Crippen LogP contribution in [0.4, 0.5) is 4.79 Å². The molecular weight excluding hydrogens is 371 g/mol. The minimum atomic E-state index is -0.669. The summed E-state index contributed by atoms with van der Waals surface area (Å²) in [5.74, 6) is -0.121. The fourth-order valence-corrected chi connectivity index (χ4v) is 2.60. The SMILES string of the molecule is CC(=O)c1cccc(C=C(CNC(=O)OC(C)(C)C)B2OC(C)(C)C(C)(C)O2)n1. The summed E-state index contributed by atoms with van der Waals surface area (Å²) >= 11 is 0. The molecule has 1 aromatic rings. The summed E-state index contributed by atoms with van der Waals surface area (Å²) in [6, 6.07) is 5.21. The van der Waals surface area contributed by atoms with Crippen LogP contribution in [-0.4, -0.2) is 47.3 Å². The summed E-state index contributed by atoms with van der Waals surface area (Å²) in [6.45, 7) is 14.9. The van der Waals surface area contributed by atoms with Gasteiger partial charge in [-0.15, -0.1) is 0 Å². The molecule has 0 radical (unpaired) electrons. The van der Waals surface area contributed by atoms with Crippen LogP contribution < -0.4 is 5.32 Å². The van der Waals surface area contributed by atoms with Gasteiger partial charge >= 0.3 is 13.2 Å². The van der Waals surface area contributed by atoms with Crippen molar-refractivity contribution in [3.8, 4) is 0 Å². The average Bonchev–Trinajstić information content (AvgIpc) is 2.77. The number of Topliss-reactive ketones (excluding diaryl/α,β-unsaturated/α-hetero) is 1. The lowest BCUT2D eigenvalue weighted by molar-refractivity contribution is 0.00578. The van der Waals surface area contributed by atoms with Crippen molar-refractivity contribution >= 4 is 25.1 Å². The Hall–Kier alpha value is -2.19. The van der Waals surface area contributed by atoms with Gasteiger partial charge in [-0.2, -0.15) is 0 Å². The first-order valence-electron chi connectivity index (χ1n) is 9.71. The van der Waals surface area contributed by atoms with E-state index in [9.17, 15) is 9.59 Å². The molecule has 29 heavy (non-hydrogen) atoms. The van der Waals surface area contributed by atoms with E-state index in [2.05, 4.69) is 10.3 Å². The molecule has 158 valence electrons. The van der Waals surface area contributed by atoms with E-state index in [1.165, 1.54) is 6.92 Å². The maximum absolute atomic E-state index is 12.1. The normalized spacial score (nSPS) is 18.5. The third kappa shape index (κ3) is 6.14. The number of ether oxygens (including phenoxy) is 1. The molecule has 1 aliphatic rings. The quantitative estimate of drug-likeness (QED) is 0.595. The standard InChI is InChI=1S/C21H31BN2O5/c1-14(25)17-11-9-10-16(24-17)12-15(13-23-18(26)27-19(2,3)4)22-28-20(5,6)21(7,8)29-22/h9-12H,13H2,1-8H3,(H,23,26). The first-order chi connectivity index (χ1) is 13.2. The molecular formula is C21H31BN2O5. The van der Waals surface area contributed by atoms with Crippen LogP contribution in [0.25, 0.3) is 6.08 Å². The number of ketones is 1. The van der Waals surface area contributed by atoms with Gasteiger partial charge in [0.25, 0.3) is 0 Å². The number of pyridine rings is 1. The Kier molecular flexibility index (Phi) is 6.60. The second-order valence-electron chi connectivity index (χ2n) is 9.17. The van der Waals surface area contributed by atoms with Gasteiger partial charge in [-0.05, 0) is 72.1 Å². The molecule has 2 heterocycles. The molecule has 8 heteroatoms. The number of aromatic nitrogens is 1. The van der Waals surface area contributed by atoms with Gasteiger partial charge in [-0.1, -0.05) is 6.07 Å². The molecule has 0 aliphatic carbocycles. The summed E-state index contributed by atoms with van der Waals surface area (Å²) in [7, 11) is -0.669. The zero-order chi connectivity index (χ0) is 22.0. The van der Waals surface area contributed by atoms with Crippen molar-refractivity contribution in [1.29, 1.82) is 0 Å². The average molecular weight is 402 g/mol. The molecule has 1 fully saturated rings. The highest BCUT2D eigenvalue weighted by Gasteiger charge is 2.52. The summed E-state index contributed by atoms with van der Waals surface area (Å²) in [6.07, 6.45) is 1.23. The number of carbonyl (C=O) groups is 2. The van der Waals surface area contributed by atoms with Gasteiger partial charge in [-0.3, -0.25) is 4.79 Å². The molecule has 0 atom stereocenters. The number of carbonyl (C=O) groups excluding carboxylic acids is 2. The molecule has 1 amide bonds. The van der Waals surface area contributed by atoms with Crippen molar-refractivity contribution in [2.45, 2.75) is 72.2 Å². The Morgan fingerprint density at radius 3 is 2.28 bits per heavy atom. The monoisotopic (exact) mass is 402 g/mol. The lowest BCUT2D eigenvalue weighted by atomic mass is 9.77. The molecule has 1 aromatic heterocycles. The van der Waals surface area contributed by atoms with E-state index >= 15 is 0 Å². The van der Waals surface area contributed by atoms with Crippen molar-refractivity contribution in [3.63, 3.8) is 0 Å². The molecule has 1 saturated heterocycles. The van der Waals surface area contributed by atoms with E-state index in [1.807, 2.05) is 27.7 Å². The highest BCUT2D eigenvalue weighted by atomic mass is 16.7. The van der Waals surface area contributed by atoms with Crippen LogP contribution in [0, 0.1) is 0 Å². The first-order valence-corrected chi connectivity index (χ1v) is 9.71. The zero-order valence-corrected chi connectivity index (χ0v) is 18.6. The number of nitrogens with zero attached hydrogens (tertiary/aromatic N) is 1. The number of hydrogen-bond donors (Lipinski definition) is 1.